The van der Waals surface area contributed by atoms with Crippen molar-refractivity contribution in [3.63, 3.8) is 0 Å². The van der Waals surface area contributed by atoms with Crippen LogP contribution in [0.25, 0.3) is 0 Å². The van der Waals surface area contributed by atoms with Gasteiger partial charge in [-0.1, -0.05) is 37.5 Å². The summed E-state index contributed by atoms with van der Waals surface area (Å²) in [6.07, 6.45) is 8.03. The lowest BCUT2D eigenvalue weighted by molar-refractivity contribution is -0.119. The van der Waals surface area contributed by atoms with Crippen molar-refractivity contribution in [1.29, 1.82) is 0 Å². The van der Waals surface area contributed by atoms with E-state index in [9.17, 15) is 9.59 Å². The fraction of sp³-hybridized carbons (Fsp3) is 0.750. The van der Waals surface area contributed by atoms with Gasteiger partial charge in [-0.3, -0.25) is 10.1 Å². The van der Waals surface area contributed by atoms with Gasteiger partial charge in [-0.05, 0) is 32.1 Å². The molecule has 132 valence electrons. The van der Waals surface area contributed by atoms with Crippen molar-refractivity contribution in [3.8, 4) is 0 Å². The van der Waals surface area contributed by atoms with E-state index in [2.05, 4.69) is 20.8 Å². The first kappa shape index (κ1) is 17.1. The Morgan fingerprint density at radius 1 is 1.17 bits per heavy atom. The van der Waals surface area contributed by atoms with E-state index in [1.54, 1.807) is 4.90 Å². The number of carbonyl (C=O) groups excluding carboxylic acids is 2. The zero-order valence-electron chi connectivity index (χ0n) is 14.1. The number of hydrogen-bond acceptors (Lipinski definition) is 5. The third-order valence-electron chi connectivity index (χ3n) is 4.75. The van der Waals surface area contributed by atoms with Crippen molar-refractivity contribution in [2.24, 2.45) is 0 Å². The van der Waals surface area contributed by atoms with Gasteiger partial charge in [0.2, 0.25) is 11.0 Å². The molecule has 1 saturated carbocycles. The number of nitrogens with zero attached hydrogens (tertiary/aromatic N) is 3. The Hall–Kier alpha value is -1.70. The van der Waals surface area contributed by atoms with E-state index in [1.165, 1.54) is 30.6 Å². The third-order valence-corrected chi connectivity index (χ3v) is 5.73. The second-order valence-electron chi connectivity index (χ2n) is 6.48. The number of aromatic nitrogens is 2. The lowest BCUT2D eigenvalue weighted by Gasteiger charge is -2.28. The van der Waals surface area contributed by atoms with E-state index in [4.69, 9.17) is 0 Å². The highest BCUT2D eigenvalue weighted by molar-refractivity contribution is 7.15. The van der Waals surface area contributed by atoms with Crippen LogP contribution in [0.4, 0.5) is 9.93 Å². The fourth-order valence-corrected chi connectivity index (χ4v) is 4.10. The summed E-state index contributed by atoms with van der Waals surface area (Å²) in [5, 5.41) is 15.3. The lowest BCUT2D eigenvalue weighted by Crippen LogP contribution is -2.50. The van der Waals surface area contributed by atoms with Crippen LogP contribution in [0, 0.1) is 0 Å². The molecule has 0 bridgehead atoms. The zero-order valence-corrected chi connectivity index (χ0v) is 14.9. The van der Waals surface area contributed by atoms with Gasteiger partial charge in [0, 0.05) is 12.6 Å². The van der Waals surface area contributed by atoms with Gasteiger partial charge < -0.3 is 10.2 Å². The van der Waals surface area contributed by atoms with Crippen LogP contribution in [0.1, 0.15) is 56.9 Å². The number of amides is 3. The molecule has 1 atom stereocenters. The van der Waals surface area contributed by atoms with E-state index >= 15 is 0 Å². The highest BCUT2D eigenvalue weighted by Gasteiger charge is 2.35. The van der Waals surface area contributed by atoms with E-state index in [-0.39, 0.29) is 18.0 Å². The van der Waals surface area contributed by atoms with Crippen LogP contribution >= 0.6 is 11.3 Å². The Balaban J connectivity index is 1.57. The molecule has 2 aliphatic rings. The first-order valence-corrected chi connectivity index (χ1v) is 9.69. The van der Waals surface area contributed by atoms with Crippen LogP contribution in [0.3, 0.4) is 0 Å². The van der Waals surface area contributed by atoms with Crippen molar-refractivity contribution in [2.75, 3.05) is 11.9 Å². The molecular weight excluding hydrogens is 326 g/mol. The van der Waals surface area contributed by atoms with E-state index < -0.39 is 6.04 Å². The van der Waals surface area contributed by atoms with Gasteiger partial charge in [-0.25, -0.2) is 4.79 Å². The fourth-order valence-electron chi connectivity index (χ4n) is 3.42. The maximum atomic E-state index is 12.5. The Morgan fingerprint density at radius 2 is 1.96 bits per heavy atom. The van der Waals surface area contributed by atoms with Crippen LogP contribution in [0.2, 0.25) is 0 Å². The minimum Gasteiger partial charge on any atom is -0.335 e. The second-order valence-corrected chi connectivity index (χ2v) is 7.54. The number of carbonyl (C=O) groups is 2. The summed E-state index contributed by atoms with van der Waals surface area (Å²) >= 11 is 1.38. The number of anilines is 1. The normalized spacial score (nSPS) is 21.7. The Morgan fingerprint density at radius 3 is 2.67 bits per heavy atom. The SMILES string of the molecule is CCc1nnc(NC(=O)[C@H]2CCCN2C(=O)NC2CCCCC2)s1. The molecule has 1 aromatic rings. The van der Waals surface area contributed by atoms with Gasteiger partial charge in [-0.2, -0.15) is 0 Å². The standard InChI is InChI=1S/C16H25N5O2S/c1-2-13-19-20-15(24-13)18-14(22)12-9-6-10-21(12)16(23)17-11-7-4-3-5-8-11/h11-12H,2-10H2,1H3,(H,17,23)(H,18,20,22)/t12-/m1/s1. The molecule has 2 heterocycles. The highest BCUT2D eigenvalue weighted by atomic mass is 32.1. The summed E-state index contributed by atoms with van der Waals surface area (Å²) in [6, 6.07) is -0.264. The summed E-state index contributed by atoms with van der Waals surface area (Å²) < 4.78 is 0. The van der Waals surface area contributed by atoms with Crippen LogP contribution in [0.15, 0.2) is 0 Å². The van der Waals surface area contributed by atoms with E-state index in [0.717, 1.165) is 30.7 Å². The van der Waals surface area contributed by atoms with Crippen molar-refractivity contribution in [2.45, 2.75) is 70.4 Å². The molecule has 2 N–H and O–H groups in total. The maximum Gasteiger partial charge on any atom is 0.318 e. The summed E-state index contributed by atoms with van der Waals surface area (Å²) in [7, 11) is 0. The molecule has 0 aromatic carbocycles. The maximum absolute atomic E-state index is 12.5. The van der Waals surface area contributed by atoms with Crippen LogP contribution < -0.4 is 10.6 Å². The molecule has 1 saturated heterocycles. The number of likely N-dealkylation sites (tertiary alicyclic amines) is 1. The average Bonchev–Trinajstić information content (AvgIpc) is 3.24. The monoisotopic (exact) mass is 351 g/mol. The smallest absolute Gasteiger partial charge is 0.318 e. The molecule has 1 aromatic heterocycles. The van der Waals surface area contributed by atoms with E-state index in [0.29, 0.717) is 18.1 Å². The predicted molar refractivity (Wildman–Crippen MR) is 93.0 cm³/mol. The average molecular weight is 351 g/mol. The molecule has 1 aliphatic carbocycles. The molecule has 24 heavy (non-hydrogen) atoms. The zero-order chi connectivity index (χ0) is 16.9. The van der Waals surface area contributed by atoms with Gasteiger partial charge >= 0.3 is 6.03 Å². The molecule has 8 heteroatoms. The quantitative estimate of drug-likeness (QED) is 0.873. The van der Waals surface area contributed by atoms with Crippen molar-refractivity contribution in [3.05, 3.63) is 5.01 Å². The first-order chi connectivity index (χ1) is 11.7. The minimum atomic E-state index is -0.414. The molecule has 0 unspecified atom stereocenters. The molecule has 3 amide bonds. The third kappa shape index (κ3) is 4.03. The predicted octanol–water partition coefficient (Wildman–Crippen LogP) is 2.55. The number of rotatable bonds is 4. The second kappa shape index (κ2) is 7.92. The number of hydrogen-bond donors (Lipinski definition) is 2. The van der Waals surface area contributed by atoms with Crippen LogP contribution in [0.5, 0.6) is 0 Å². The van der Waals surface area contributed by atoms with Crippen LogP contribution in [-0.4, -0.2) is 45.7 Å². The molecule has 0 spiro atoms. The molecule has 2 fully saturated rings. The molecule has 0 radical (unpaired) electrons. The van der Waals surface area contributed by atoms with Gasteiger partial charge in [0.15, 0.2) is 0 Å². The van der Waals surface area contributed by atoms with Gasteiger partial charge in [-0.15, -0.1) is 10.2 Å². The number of urea groups is 1. The van der Waals surface area contributed by atoms with Gasteiger partial charge in [0.1, 0.15) is 11.0 Å². The Kier molecular flexibility index (Phi) is 5.65. The lowest BCUT2D eigenvalue weighted by atomic mass is 9.96. The van der Waals surface area contributed by atoms with Gasteiger partial charge in [0.05, 0.1) is 0 Å². The molecule has 3 rings (SSSR count). The van der Waals surface area contributed by atoms with Crippen molar-refractivity contribution >= 4 is 28.4 Å². The summed E-state index contributed by atoms with van der Waals surface area (Å²) in [4.78, 5) is 26.7. The number of aryl methyl sites for hydroxylation is 1. The van der Waals surface area contributed by atoms with Crippen molar-refractivity contribution < 1.29 is 9.59 Å². The first-order valence-electron chi connectivity index (χ1n) is 8.87. The minimum absolute atomic E-state index is 0.105. The topological polar surface area (TPSA) is 87.2 Å². The summed E-state index contributed by atoms with van der Waals surface area (Å²) in [5.74, 6) is -0.162. The van der Waals surface area contributed by atoms with Crippen LogP contribution in [-0.2, 0) is 11.2 Å². The molecular formula is C16H25N5O2S. The summed E-state index contributed by atoms with van der Waals surface area (Å²) in [5.41, 5.74) is 0. The molecule has 7 nitrogen and oxygen atoms in total. The number of nitrogens with one attached hydrogen (secondary N) is 2. The Bertz CT molecular complexity index is 585. The highest BCUT2D eigenvalue weighted by Crippen LogP contribution is 2.23. The summed E-state index contributed by atoms with van der Waals surface area (Å²) in [6.45, 7) is 2.63. The molecule has 1 aliphatic heterocycles. The van der Waals surface area contributed by atoms with E-state index in [1.807, 2.05) is 6.92 Å². The Labute approximate surface area is 146 Å². The largest absolute Gasteiger partial charge is 0.335 e. The van der Waals surface area contributed by atoms with Gasteiger partial charge in [0.25, 0.3) is 0 Å². The van der Waals surface area contributed by atoms with Crippen molar-refractivity contribution in [1.82, 2.24) is 20.4 Å².